The van der Waals surface area contributed by atoms with E-state index >= 15 is 0 Å². The van der Waals surface area contributed by atoms with Gasteiger partial charge in [-0.3, -0.25) is 4.79 Å². The Balaban J connectivity index is 1.73. The second-order valence-corrected chi connectivity index (χ2v) is 7.15. The van der Waals surface area contributed by atoms with E-state index in [9.17, 15) is 4.79 Å². The molecule has 0 aliphatic heterocycles. The summed E-state index contributed by atoms with van der Waals surface area (Å²) in [4.78, 5) is 15.1. The molecule has 1 fully saturated rings. The lowest BCUT2D eigenvalue weighted by atomic mass is 10.0. The maximum atomic E-state index is 13.1. The topological polar surface area (TPSA) is 38.8 Å². The second kappa shape index (κ2) is 9.45. The number of carbonyl (C=O) groups excluding carboxylic acids is 1. The van der Waals surface area contributed by atoms with E-state index in [4.69, 9.17) is 9.47 Å². The van der Waals surface area contributed by atoms with Crippen LogP contribution in [0.25, 0.3) is 0 Å². The number of para-hydroxylation sites is 1. The summed E-state index contributed by atoms with van der Waals surface area (Å²) >= 11 is 0. The van der Waals surface area contributed by atoms with Gasteiger partial charge in [0.05, 0.1) is 14.2 Å². The smallest absolute Gasteiger partial charge is 0.225 e. The van der Waals surface area contributed by atoms with Crippen LogP contribution in [-0.2, 0) is 17.8 Å². The Morgan fingerprint density at radius 1 is 1.00 bits per heavy atom. The molecule has 0 atom stereocenters. The molecule has 1 aliphatic carbocycles. The SMILES string of the molecule is COc1ccc(CN(CCc2ccccc2OC)C(=O)C2CCCC2)cc1. The zero-order valence-electron chi connectivity index (χ0n) is 16.3. The molecular weight excluding hydrogens is 338 g/mol. The fraction of sp³-hybridized carbons (Fsp3) is 0.435. The number of rotatable bonds is 8. The lowest BCUT2D eigenvalue weighted by Crippen LogP contribution is -2.36. The number of amides is 1. The van der Waals surface area contributed by atoms with Crippen LogP contribution in [-0.4, -0.2) is 31.6 Å². The summed E-state index contributed by atoms with van der Waals surface area (Å²) in [6.45, 7) is 1.33. The first-order valence-corrected chi connectivity index (χ1v) is 9.75. The Bertz CT molecular complexity index is 736. The van der Waals surface area contributed by atoms with E-state index < -0.39 is 0 Å². The molecule has 1 amide bonds. The van der Waals surface area contributed by atoms with Crippen LogP contribution in [0.4, 0.5) is 0 Å². The van der Waals surface area contributed by atoms with E-state index in [-0.39, 0.29) is 5.92 Å². The predicted molar refractivity (Wildman–Crippen MR) is 107 cm³/mol. The molecule has 0 aromatic heterocycles. The third-order valence-corrected chi connectivity index (χ3v) is 5.39. The number of hydrogen-bond donors (Lipinski definition) is 0. The van der Waals surface area contributed by atoms with Gasteiger partial charge in [0.25, 0.3) is 0 Å². The first kappa shape index (κ1) is 19.3. The first-order valence-electron chi connectivity index (χ1n) is 9.75. The van der Waals surface area contributed by atoms with Crippen molar-refractivity contribution in [2.45, 2.75) is 38.6 Å². The van der Waals surface area contributed by atoms with E-state index in [0.29, 0.717) is 19.0 Å². The van der Waals surface area contributed by atoms with Crippen molar-refractivity contribution in [2.75, 3.05) is 20.8 Å². The highest BCUT2D eigenvalue weighted by Crippen LogP contribution is 2.28. The van der Waals surface area contributed by atoms with Gasteiger partial charge in [-0.15, -0.1) is 0 Å². The van der Waals surface area contributed by atoms with E-state index in [0.717, 1.165) is 41.9 Å². The van der Waals surface area contributed by atoms with Gasteiger partial charge in [0.15, 0.2) is 0 Å². The summed E-state index contributed by atoms with van der Waals surface area (Å²) in [6, 6.07) is 16.0. The summed E-state index contributed by atoms with van der Waals surface area (Å²) in [5.74, 6) is 2.19. The number of methoxy groups -OCH3 is 2. The largest absolute Gasteiger partial charge is 0.497 e. The Hall–Kier alpha value is -2.49. The lowest BCUT2D eigenvalue weighted by molar-refractivity contribution is -0.136. The van der Waals surface area contributed by atoms with Gasteiger partial charge in [0, 0.05) is 19.0 Å². The average molecular weight is 367 g/mol. The van der Waals surface area contributed by atoms with Gasteiger partial charge in [-0.25, -0.2) is 0 Å². The first-order chi connectivity index (χ1) is 13.2. The summed E-state index contributed by atoms with van der Waals surface area (Å²) in [7, 11) is 3.36. The van der Waals surface area contributed by atoms with Crippen LogP contribution in [0, 0.1) is 5.92 Å². The van der Waals surface area contributed by atoms with Gasteiger partial charge >= 0.3 is 0 Å². The Morgan fingerprint density at radius 2 is 1.70 bits per heavy atom. The molecule has 1 saturated carbocycles. The van der Waals surface area contributed by atoms with Gasteiger partial charge in [0.2, 0.25) is 5.91 Å². The zero-order valence-corrected chi connectivity index (χ0v) is 16.3. The van der Waals surface area contributed by atoms with E-state index in [1.807, 2.05) is 47.4 Å². The molecule has 2 aromatic carbocycles. The molecular formula is C23H29NO3. The fourth-order valence-corrected chi connectivity index (χ4v) is 3.81. The number of hydrogen-bond acceptors (Lipinski definition) is 3. The van der Waals surface area contributed by atoms with Crippen LogP contribution in [0.15, 0.2) is 48.5 Å². The highest BCUT2D eigenvalue weighted by atomic mass is 16.5. The quantitative estimate of drug-likeness (QED) is 0.691. The molecule has 0 saturated heterocycles. The van der Waals surface area contributed by atoms with Crippen LogP contribution >= 0.6 is 0 Å². The maximum Gasteiger partial charge on any atom is 0.225 e. The Kier molecular flexibility index (Phi) is 6.74. The molecule has 0 unspecified atom stereocenters. The highest BCUT2D eigenvalue weighted by Gasteiger charge is 2.27. The van der Waals surface area contributed by atoms with Gasteiger partial charge < -0.3 is 14.4 Å². The molecule has 4 heteroatoms. The summed E-state index contributed by atoms with van der Waals surface area (Å²) in [5.41, 5.74) is 2.26. The highest BCUT2D eigenvalue weighted by molar-refractivity contribution is 5.79. The van der Waals surface area contributed by atoms with Crippen LogP contribution in [0.5, 0.6) is 11.5 Å². The lowest BCUT2D eigenvalue weighted by Gasteiger charge is -2.26. The number of benzene rings is 2. The Labute approximate surface area is 162 Å². The molecule has 1 aliphatic rings. The molecule has 144 valence electrons. The van der Waals surface area contributed by atoms with Crippen molar-refractivity contribution < 1.29 is 14.3 Å². The molecule has 0 N–H and O–H groups in total. The summed E-state index contributed by atoms with van der Waals surface area (Å²) in [6.07, 6.45) is 5.16. The van der Waals surface area contributed by atoms with Gasteiger partial charge in [-0.1, -0.05) is 43.2 Å². The number of nitrogens with zero attached hydrogens (tertiary/aromatic N) is 1. The van der Waals surface area contributed by atoms with Gasteiger partial charge in [0.1, 0.15) is 11.5 Å². The Morgan fingerprint density at radius 3 is 2.37 bits per heavy atom. The molecule has 4 nitrogen and oxygen atoms in total. The average Bonchev–Trinajstić information content (AvgIpc) is 3.26. The standard InChI is InChI=1S/C23H29NO3/c1-26-21-13-11-18(12-14-21)17-24(23(25)20-8-3-4-9-20)16-15-19-7-5-6-10-22(19)27-2/h5-7,10-14,20H,3-4,8-9,15-17H2,1-2H3. The summed E-state index contributed by atoms with van der Waals surface area (Å²) < 4.78 is 10.7. The fourth-order valence-electron chi connectivity index (χ4n) is 3.81. The number of ether oxygens (including phenoxy) is 2. The normalized spacial score (nSPS) is 14.1. The van der Waals surface area contributed by atoms with Crippen molar-refractivity contribution in [2.24, 2.45) is 5.92 Å². The zero-order chi connectivity index (χ0) is 19.1. The summed E-state index contributed by atoms with van der Waals surface area (Å²) in [5, 5.41) is 0. The third kappa shape index (κ3) is 5.03. The van der Waals surface area contributed by atoms with E-state index in [1.54, 1.807) is 14.2 Å². The van der Waals surface area contributed by atoms with E-state index in [2.05, 4.69) is 6.07 Å². The number of carbonyl (C=O) groups is 1. The minimum atomic E-state index is 0.181. The van der Waals surface area contributed by atoms with Crippen LogP contribution in [0.1, 0.15) is 36.8 Å². The monoisotopic (exact) mass is 367 g/mol. The van der Waals surface area contributed by atoms with Crippen molar-refractivity contribution in [1.82, 2.24) is 4.90 Å². The molecule has 0 bridgehead atoms. The molecule has 2 aromatic rings. The van der Waals surface area contributed by atoms with Crippen molar-refractivity contribution >= 4 is 5.91 Å². The predicted octanol–water partition coefficient (Wildman–Crippen LogP) is 4.47. The van der Waals surface area contributed by atoms with Crippen molar-refractivity contribution in [3.8, 4) is 11.5 Å². The van der Waals surface area contributed by atoms with Crippen molar-refractivity contribution in [3.63, 3.8) is 0 Å². The van der Waals surface area contributed by atoms with Crippen LogP contribution in [0.3, 0.4) is 0 Å². The van der Waals surface area contributed by atoms with Gasteiger partial charge in [-0.05, 0) is 48.6 Å². The van der Waals surface area contributed by atoms with E-state index in [1.165, 1.54) is 12.8 Å². The maximum absolute atomic E-state index is 13.1. The van der Waals surface area contributed by atoms with Crippen molar-refractivity contribution in [3.05, 3.63) is 59.7 Å². The van der Waals surface area contributed by atoms with Crippen molar-refractivity contribution in [1.29, 1.82) is 0 Å². The molecule has 27 heavy (non-hydrogen) atoms. The molecule has 0 spiro atoms. The van der Waals surface area contributed by atoms with Gasteiger partial charge in [-0.2, -0.15) is 0 Å². The minimum Gasteiger partial charge on any atom is -0.497 e. The minimum absolute atomic E-state index is 0.181. The van der Waals surface area contributed by atoms with Crippen LogP contribution in [0.2, 0.25) is 0 Å². The third-order valence-electron chi connectivity index (χ3n) is 5.39. The second-order valence-electron chi connectivity index (χ2n) is 7.15. The van der Waals surface area contributed by atoms with Crippen LogP contribution < -0.4 is 9.47 Å². The molecule has 3 rings (SSSR count). The molecule has 0 radical (unpaired) electrons. The molecule has 0 heterocycles.